The van der Waals surface area contributed by atoms with Crippen LogP contribution >= 0.6 is 12.2 Å². The second-order valence-corrected chi connectivity index (χ2v) is 6.43. The molecule has 0 aliphatic heterocycles. The topological polar surface area (TPSA) is 33.3 Å². The Kier molecular flexibility index (Phi) is 6.62. The van der Waals surface area contributed by atoms with Crippen LogP contribution in [0.25, 0.3) is 0 Å². The predicted octanol–water partition coefficient (Wildman–Crippen LogP) is 5.26. The number of benzene rings is 2. The summed E-state index contributed by atoms with van der Waals surface area (Å²) in [7, 11) is 1.67. The number of rotatable bonds is 6. The van der Waals surface area contributed by atoms with Gasteiger partial charge in [0.2, 0.25) is 0 Å². The number of nitrogens with one attached hydrogen (secondary N) is 2. The first-order valence-electron chi connectivity index (χ1n) is 8.35. The molecule has 0 saturated heterocycles. The number of ether oxygens (including phenoxy) is 1. The summed E-state index contributed by atoms with van der Waals surface area (Å²) in [6.45, 7) is 6.53. The molecule has 0 bridgehead atoms. The lowest BCUT2D eigenvalue weighted by molar-refractivity contribution is 0.414. The SMILES string of the molecule is CCC(C)c1ccc(NC(=S)NC(C)c2ccc(OC)cc2)cc1. The summed E-state index contributed by atoms with van der Waals surface area (Å²) in [6.07, 6.45) is 1.14. The zero-order valence-corrected chi connectivity index (χ0v) is 15.6. The van der Waals surface area contributed by atoms with Gasteiger partial charge in [-0.1, -0.05) is 38.1 Å². The van der Waals surface area contributed by atoms with Crippen LogP contribution in [-0.2, 0) is 0 Å². The van der Waals surface area contributed by atoms with Crippen LogP contribution in [0.1, 0.15) is 50.3 Å². The van der Waals surface area contributed by atoms with Crippen molar-refractivity contribution >= 4 is 23.0 Å². The van der Waals surface area contributed by atoms with Gasteiger partial charge >= 0.3 is 0 Å². The van der Waals surface area contributed by atoms with E-state index >= 15 is 0 Å². The minimum Gasteiger partial charge on any atom is -0.497 e. The summed E-state index contributed by atoms with van der Waals surface area (Å²) < 4.78 is 5.18. The number of hydrogen-bond acceptors (Lipinski definition) is 2. The van der Waals surface area contributed by atoms with E-state index in [9.17, 15) is 0 Å². The van der Waals surface area contributed by atoms with Crippen LogP contribution in [0.3, 0.4) is 0 Å². The van der Waals surface area contributed by atoms with Crippen molar-refractivity contribution in [2.75, 3.05) is 12.4 Å². The number of thiocarbonyl (C=S) groups is 1. The van der Waals surface area contributed by atoms with Crippen LogP contribution in [0.2, 0.25) is 0 Å². The zero-order chi connectivity index (χ0) is 17.5. The molecular weight excluding hydrogens is 316 g/mol. The molecule has 0 fully saturated rings. The maximum Gasteiger partial charge on any atom is 0.171 e. The summed E-state index contributed by atoms with van der Waals surface area (Å²) >= 11 is 5.42. The van der Waals surface area contributed by atoms with E-state index in [1.807, 2.05) is 24.3 Å². The van der Waals surface area contributed by atoms with Crippen molar-refractivity contribution in [3.63, 3.8) is 0 Å². The maximum absolute atomic E-state index is 5.42. The molecule has 128 valence electrons. The van der Waals surface area contributed by atoms with Crippen molar-refractivity contribution < 1.29 is 4.74 Å². The summed E-state index contributed by atoms with van der Waals surface area (Å²) in [5, 5.41) is 7.18. The first-order chi connectivity index (χ1) is 11.5. The van der Waals surface area contributed by atoms with Crippen LogP contribution in [0, 0.1) is 0 Å². The average molecular weight is 343 g/mol. The Labute approximate surface area is 150 Å². The van der Waals surface area contributed by atoms with Gasteiger partial charge in [0.1, 0.15) is 5.75 Å². The molecule has 3 nitrogen and oxygen atoms in total. The highest BCUT2D eigenvalue weighted by molar-refractivity contribution is 7.80. The van der Waals surface area contributed by atoms with Crippen molar-refractivity contribution in [3.05, 3.63) is 59.7 Å². The zero-order valence-electron chi connectivity index (χ0n) is 14.8. The highest BCUT2D eigenvalue weighted by Crippen LogP contribution is 2.21. The number of anilines is 1. The third kappa shape index (κ3) is 4.96. The second kappa shape index (κ2) is 8.69. The maximum atomic E-state index is 5.42. The van der Waals surface area contributed by atoms with Crippen molar-refractivity contribution in [3.8, 4) is 5.75 Å². The number of hydrogen-bond donors (Lipinski definition) is 2. The molecule has 24 heavy (non-hydrogen) atoms. The average Bonchev–Trinajstić information content (AvgIpc) is 2.61. The lowest BCUT2D eigenvalue weighted by Gasteiger charge is -2.18. The quantitative estimate of drug-likeness (QED) is 0.702. The van der Waals surface area contributed by atoms with E-state index in [1.165, 1.54) is 5.56 Å². The molecule has 0 saturated carbocycles. The molecule has 0 amide bonds. The predicted molar refractivity (Wildman–Crippen MR) is 106 cm³/mol. The molecule has 2 aromatic carbocycles. The van der Waals surface area contributed by atoms with Crippen molar-refractivity contribution in [1.29, 1.82) is 0 Å². The lowest BCUT2D eigenvalue weighted by Crippen LogP contribution is -2.30. The Morgan fingerprint density at radius 3 is 2.12 bits per heavy atom. The van der Waals surface area contributed by atoms with Gasteiger partial charge in [0.15, 0.2) is 5.11 Å². The van der Waals surface area contributed by atoms with E-state index in [2.05, 4.69) is 55.7 Å². The van der Waals surface area contributed by atoms with Gasteiger partial charge in [0.05, 0.1) is 13.2 Å². The molecule has 0 aromatic heterocycles. The minimum atomic E-state index is 0.121. The Morgan fingerprint density at radius 2 is 1.58 bits per heavy atom. The van der Waals surface area contributed by atoms with Crippen molar-refractivity contribution in [2.45, 2.75) is 39.2 Å². The highest BCUT2D eigenvalue weighted by atomic mass is 32.1. The lowest BCUT2D eigenvalue weighted by atomic mass is 9.99. The molecule has 0 radical (unpaired) electrons. The normalized spacial score (nSPS) is 13.0. The van der Waals surface area contributed by atoms with E-state index in [1.54, 1.807) is 7.11 Å². The molecule has 2 aromatic rings. The van der Waals surface area contributed by atoms with Crippen LogP contribution < -0.4 is 15.4 Å². The van der Waals surface area contributed by atoms with E-state index < -0.39 is 0 Å². The fraction of sp³-hybridized carbons (Fsp3) is 0.350. The molecule has 2 unspecified atom stereocenters. The van der Waals surface area contributed by atoms with Crippen LogP contribution in [-0.4, -0.2) is 12.2 Å². The molecule has 2 atom stereocenters. The van der Waals surface area contributed by atoms with Gasteiger partial charge in [0.25, 0.3) is 0 Å². The monoisotopic (exact) mass is 342 g/mol. The Hall–Kier alpha value is -2.07. The fourth-order valence-corrected chi connectivity index (χ4v) is 2.77. The Balaban J connectivity index is 1.92. The summed E-state index contributed by atoms with van der Waals surface area (Å²) in [6, 6.07) is 16.6. The molecule has 2 N–H and O–H groups in total. The van der Waals surface area contributed by atoms with Gasteiger partial charge in [-0.15, -0.1) is 0 Å². The van der Waals surface area contributed by atoms with Gasteiger partial charge in [-0.2, -0.15) is 0 Å². The smallest absolute Gasteiger partial charge is 0.171 e. The molecule has 0 heterocycles. The number of methoxy groups -OCH3 is 1. The first-order valence-corrected chi connectivity index (χ1v) is 8.75. The molecule has 0 aliphatic carbocycles. The molecular formula is C20H26N2OS. The van der Waals surface area contributed by atoms with Gasteiger partial charge in [-0.25, -0.2) is 0 Å². The van der Waals surface area contributed by atoms with Crippen molar-refractivity contribution in [1.82, 2.24) is 5.32 Å². The Morgan fingerprint density at radius 1 is 1.00 bits per heavy atom. The van der Waals surface area contributed by atoms with E-state index in [0.717, 1.165) is 23.4 Å². The Bertz CT molecular complexity index is 652. The fourth-order valence-electron chi connectivity index (χ4n) is 2.47. The summed E-state index contributed by atoms with van der Waals surface area (Å²) in [5.41, 5.74) is 3.52. The van der Waals surface area contributed by atoms with Crippen LogP contribution in [0.5, 0.6) is 5.75 Å². The third-order valence-electron chi connectivity index (χ3n) is 4.31. The van der Waals surface area contributed by atoms with E-state index in [0.29, 0.717) is 11.0 Å². The standard InChI is InChI=1S/C20H26N2OS/c1-5-14(2)16-6-10-18(11-7-16)22-20(24)21-15(3)17-8-12-19(23-4)13-9-17/h6-15H,5H2,1-4H3,(H2,21,22,24). The molecule has 0 spiro atoms. The van der Waals surface area contributed by atoms with E-state index in [4.69, 9.17) is 17.0 Å². The second-order valence-electron chi connectivity index (χ2n) is 6.02. The molecule has 4 heteroatoms. The summed E-state index contributed by atoms with van der Waals surface area (Å²) in [5.74, 6) is 1.44. The van der Waals surface area contributed by atoms with E-state index in [-0.39, 0.29) is 6.04 Å². The van der Waals surface area contributed by atoms with Gasteiger partial charge in [-0.3, -0.25) is 0 Å². The third-order valence-corrected chi connectivity index (χ3v) is 4.53. The van der Waals surface area contributed by atoms with Gasteiger partial charge in [-0.05, 0) is 66.9 Å². The highest BCUT2D eigenvalue weighted by Gasteiger charge is 2.08. The van der Waals surface area contributed by atoms with Crippen LogP contribution in [0.4, 0.5) is 5.69 Å². The first kappa shape index (κ1) is 18.3. The molecule has 0 aliphatic rings. The van der Waals surface area contributed by atoms with Gasteiger partial charge in [0, 0.05) is 5.69 Å². The van der Waals surface area contributed by atoms with Crippen LogP contribution in [0.15, 0.2) is 48.5 Å². The summed E-state index contributed by atoms with van der Waals surface area (Å²) in [4.78, 5) is 0. The molecule has 2 rings (SSSR count). The van der Waals surface area contributed by atoms with Gasteiger partial charge < -0.3 is 15.4 Å². The minimum absolute atomic E-state index is 0.121. The largest absolute Gasteiger partial charge is 0.497 e. The van der Waals surface area contributed by atoms with Crippen molar-refractivity contribution in [2.24, 2.45) is 0 Å².